The molecule has 1 fully saturated rings. The van der Waals surface area contributed by atoms with Gasteiger partial charge in [0.05, 0.1) is 5.56 Å². The topological polar surface area (TPSA) is 86.7 Å². The van der Waals surface area contributed by atoms with Crippen molar-refractivity contribution in [3.05, 3.63) is 35.4 Å². The van der Waals surface area contributed by atoms with Gasteiger partial charge >= 0.3 is 0 Å². The quantitative estimate of drug-likeness (QED) is 0.539. The second kappa shape index (κ2) is 6.20. The number of hydrogen-bond donors (Lipinski definition) is 2. The van der Waals surface area contributed by atoms with Crippen LogP contribution in [0, 0.1) is 11.8 Å². The van der Waals surface area contributed by atoms with E-state index in [0.29, 0.717) is 11.1 Å². The molecule has 0 spiro atoms. The fraction of sp³-hybridized carbons (Fsp3) is 0.267. The molecule has 1 aromatic carbocycles. The summed E-state index contributed by atoms with van der Waals surface area (Å²) in [6, 6.07) is 5.89. The summed E-state index contributed by atoms with van der Waals surface area (Å²) >= 11 is 0. The fourth-order valence-corrected chi connectivity index (χ4v) is 2.03. The standard InChI is InChI=1S/C15H14N2O4/c1-10-14(20)16-13(19)9-17(10)15(21)12-7-3-2-5-11(12)6-4-8-18/h2-3,5,7,10,18H,8-9H2,1H3,(H,16,19,20). The largest absolute Gasteiger partial charge is 0.384 e. The minimum atomic E-state index is -0.728. The van der Waals surface area contributed by atoms with Gasteiger partial charge in [-0.05, 0) is 19.1 Å². The second-order valence-corrected chi connectivity index (χ2v) is 4.53. The molecule has 0 radical (unpaired) electrons. The van der Waals surface area contributed by atoms with Gasteiger partial charge in [0, 0.05) is 5.56 Å². The molecule has 0 saturated carbocycles. The van der Waals surface area contributed by atoms with E-state index < -0.39 is 23.8 Å². The molecule has 1 atom stereocenters. The number of carbonyl (C=O) groups is 3. The van der Waals surface area contributed by atoms with Crippen molar-refractivity contribution in [2.24, 2.45) is 0 Å². The van der Waals surface area contributed by atoms with Crippen molar-refractivity contribution in [2.75, 3.05) is 13.2 Å². The van der Waals surface area contributed by atoms with Crippen LogP contribution in [-0.4, -0.2) is 46.9 Å². The van der Waals surface area contributed by atoms with E-state index in [0.717, 1.165) is 0 Å². The Hall–Kier alpha value is -2.65. The SMILES string of the molecule is CC1C(=O)NC(=O)CN1C(=O)c1ccccc1C#CCO. The van der Waals surface area contributed by atoms with E-state index in [1.54, 1.807) is 31.2 Å². The van der Waals surface area contributed by atoms with Gasteiger partial charge in [0.25, 0.3) is 5.91 Å². The Morgan fingerprint density at radius 3 is 2.86 bits per heavy atom. The number of rotatable bonds is 1. The third-order valence-corrected chi connectivity index (χ3v) is 3.14. The number of imide groups is 1. The minimum absolute atomic E-state index is 0.173. The first kappa shape index (κ1) is 14.8. The number of piperazine rings is 1. The molecule has 0 aromatic heterocycles. The lowest BCUT2D eigenvalue weighted by Crippen LogP contribution is -2.58. The molecule has 2 rings (SSSR count). The summed E-state index contributed by atoms with van der Waals surface area (Å²) in [6.07, 6.45) is 0. The summed E-state index contributed by atoms with van der Waals surface area (Å²) in [5.41, 5.74) is 0.745. The average molecular weight is 286 g/mol. The number of benzene rings is 1. The molecular formula is C15H14N2O4. The number of aliphatic hydroxyl groups excluding tert-OH is 1. The van der Waals surface area contributed by atoms with Crippen LogP contribution in [0.2, 0.25) is 0 Å². The Balaban J connectivity index is 2.35. The van der Waals surface area contributed by atoms with Crippen molar-refractivity contribution in [1.82, 2.24) is 10.2 Å². The van der Waals surface area contributed by atoms with Gasteiger partial charge in [0.2, 0.25) is 11.8 Å². The highest BCUT2D eigenvalue weighted by Gasteiger charge is 2.34. The molecule has 2 N–H and O–H groups in total. The van der Waals surface area contributed by atoms with Gasteiger partial charge in [0.1, 0.15) is 19.2 Å². The van der Waals surface area contributed by atoms with Gasteiger partial charge in [-0.1, -0.05) is 24.0 Å². The second-order valence-electron chi connectivity index (χ2n) is 4.53. The van der Waals surface area contributed by atoms with Gasteiger partial charge in [-0.25, -0.2) is 0 Å². The third kappa shape index (κ3) is 3.09. The van der Waals surface area contributed by atoms with Crippen LogP contribution in [0.3, 0.4) is 0 Å². The average Bonchev–Trinajstić information content (AvgIpc) is 2.48. The number of nitrogens with zero attached hydrogens (tertiary/aromatic N) is 1. The zero-order chi connectivity index (χ0) is 15.4. The van der Waals surface area contributed by atoms with Crippen LogP contribution in [0.15, 0.2) is 24.3 Å². The number of amides is 3. The van der Waals surface area contributed by atoms with Gasteiger partial charge in [-0.15, -0.1) is 0 Å². The van der Waals surface area contributed by atoms with Crippen molar-refractivity contribution in [2.45, 2.75) is 13.0 Å². The lowest BCUT2D eigenvalue weighted by Gasteiger charge is -2.31. The predicted octanol–water partition coefficient (Wildman–Crippen LogP) is -0.483. The van der Waals surface area contributed by atoms with Gasteiger partial charge in [0.15, 0.2) is 0 Å². The van der Waals surface area contributed by atoms with Crippen molar-refractivity contribution < 1.29 is 19.5 Å². The van der Waals surface area contributed by atoms with Gasteiger partial charge in [-0.2, -0.15) is 0 Å². The van der Waals surface area contributed by atoms with E-state index in [9.17, 15) is 14.4 Å². The van der Waals surface area contributed by atoms with Crippen LogP contribution < -0.4 is 5.32 Å². The molecule has 0 bridgehead atoms. The summed E-state index contributed by atoms with van der Waals surface area (Å²) in [5.74, 6) is 3.72. The molecule has 1 aromatic rings. The van der Waals surface area contributed by atoms with Gasteiger partial charge < -0.3 is 10.0 Å². The van der Waals surface area contributed by atoms with E-state index in [2.05, 4.69) is 17.2 Å². The summed E-state index contributed by atoms with van der Waals surface area (Å²) in [4.78, 5) is 36.8. The van der Waals surface area contributed by atoms with Crippen molar-refractivity contribution in [1.29, 1.82) is 0 Å². The highest BCUT2D eigenvalue weighted by Crippen LogP contribution is 2.15. The third-order valence-electron chi connectivity index (χ3n) is 3.14. The Morgan fingerprint density at radius 2 is 2.14 bits per heavy atom. The number of carbonyl (C=O) groups excluding carboxylic acids is 3. The predicted molar refractivity (Wildman–Crippen MR) is 74.1 cm³/mol. The molecule has 1 aliphatic heterocycles. The normalized spacial score (nSPS) is 17.8. The van der Waals surface area contributed by atoms with Crippen LogP contribution in [0.25, 0.3) is 0 Å². The molecule has 1 saturated heterocycles. The Kier molecular flexibility index (Phi) is 4.36. The van der Waals surface area contributed by atoms with E-state index in [1.165, 1.54) is 4.90 Å². The monoisotopic (exact) mass is 286 g/mol. The molecule has 3 amide bonds. The maximum absolute atomic E-state index is 12.5. The first-order chi connectivity index (χ1) is 10.0. The lowest BCUT2D eigenvalue weighted by molar-refractivity contribution is -0.138. The van der Waals surface area contributed by atoms with E-state index >= 15 is 0 Å². The van der Waals surface area contributed by atoms with Crippen molar-refractivity contribution in [3.8, 4) is 11.8 Å². The van der Waals surface area contributed by atoms with Crippen LogP contribution in [0.5, 0.6) is 0 Å². The maximum Gasteiger partial charge on any atom is 0.256 e. The van der Waals surface area contributed by atoms with Crippen molar-refractivity contribution >= 4 is 17.7 Å². The smallest absolute Gasteiger partial charge is 0.256 e. The molecule has 6 heteroatoms. The van der Waals surface area contributed by atoms with E-state index in [4.69, 9.17) is 5.11 Å². The summed E-state index contributed by atoms with van der Waals surface area (Å²) in [7, 11) is 0. The molecule has 21 heavy (non-hydrogen) atoms. The Labute approximate surface area is 121 Å². The van der Waals surface area contributed by atoms with Crippen LogP contribution in [0.4, 0.5) is 0 Å². The first-order valence-electron chi connectivity index (χ1n) is 6.38. The highest BCUT2D eigenvalue weighted by molar-refractivity contribution is 6.07. The van der Waals surface area contributed by atoms with Crippen LogP contribution >= 0.6 is 0 Å². The highest BCUT2D eigenvalue weighted by atomic mass is 16.2. The van der Waals surface area contributed by atoms with Crippen LogP contribution in [0.1, 0.15) is 22.8 Å². The van der Waals surface area contributed by atoms with Crippen molar-refractivity contribution in [3.63, 3.8) is 0 Å². The summed E-state index contributed by atoms with van der Waals surface area (Å²) in [6.45, 7) is 1.07. The molecule has 1 unspecified atom stereocenters. The Morgan fingerprint density at radius 1 is 1.43 bits per heavy atom. The Bertz CT molecular complexity index is 657. The molecule has 1 heterocycles. The molecule has 1 aliphatic rings. The lowest BCUT2D eigenvalue weighted by atomic mass is 10.0. The van der Waals surface area contributed by atoms with E-state index in [1.807, 2.05) is 0 Å². The summed E-state index contributed by atoms with van der Waals surface area (Å²) in [5, 5.41) is 10.9. The van der Waals surface area contributed by atoms with E-state index in [-0.39, 0.29) is 13.2 Å². The number of nitrogens with one attached hydrogen (secondary N) is 1. The summed E-state index contributed by atoms with van der Waals surface area (Å²) < 4.78 is 0. The molecular weight excluding hydrogens is 272 g/mol. The molecule has 0 aliphatic carbocycles. The maximum atomic E-state index is 12.5. The zero-order valence-electron chi connectivity index (χ0n) is 11.4. The molecule has 6 nitrogen and oxygen atoms in total. The molecule has 108 valence electrons. The van der Waals surface area contributed by atoms with Gasteiger partial charge in [-0.3, -0.25) is 19.7 Å². The number of hydrogen-bond acceptors (Lipinski definition) is 4. The first-order valence-corrected chi connectivity index (χ1v) is 6.38. The number of aliphatic hydroxyl groups is 1. The fourth-order valence-electron chi connectivity index (χ4n) is 2.03. The van der Waals surface area contributed by atoms with Crippen LogP contribution in [-0.2, 0) is 9.59 Å². The zero-order valence-corrected chi connectivity index (χ0v) is 11.4. The minimum Gasteiger partial charge on any atom is -0.384 e.